The van der Waals surface area contributed by atoms with Crippen LogP contribution in [0.5, 0.6) is 0 Å². The second-order valence-electron chi connectivity index (χ2n) is 3.86. The van der Waals surface area contributed by atoms with Gasteiger partial charge in [0, 0.05) is 0 Å². The van der Waals surface area contributed by atoms with E-state index in [2.05, 4.69) is 0 Å². The fraction of sp³-hybridized carbons (Fsp3) is 0.600. The lowest BCUT2D eigenvalue weighted by Crippen LogP contribution is -2.32. The first-order chi connectivity index (χ1) is 6.46. The molecule has 0 aliphatic carbocycles. The Morgan fingerprint density at radius 1 is 1.64 bits per heavy atom. The molecule has 0 aromatic carbocycles. The van der Waals surface area contributed by atoms with E-state index in [-0.39, 0.29) is 5.91 Å². The Morgan fingerprint density at radius 3 is 2.71 bits per heavy atom. The van der Waals surface area contributed by atoms with Crippen LogP contribution in [0.15, 0.2) is 12.2 Å². The van der Waals surface area contributed by atoms with Gasteiger partial charge < -0.3 is 4.74 Å². The van der Waals surface area contributed by atoms with Crippen molar-refractivity contribution in [1.29, 1.82) is 0 Å². The van der Waals surface area contributed by atoms with Crippen molar-refractivity contribution in [1.82, 2.24) is 4.90 Å². The number of carbonyl (C=O) groups excluding carboxylic acids is 2. The number of imide groups is 1. The van der Waals surface area contributed by atoms with Gasteiger partial charge in [-0.1, -0.05) is 13.0 Å². The molecule has 0 N–H and O–H groups in total. The van der Waals surface area contributed by atoms with Crippen LogP contribution in [0.4, 0.5) is 4.79 Å². The van der Waals surface area contributed by atoms with Crippen molar-refractivity contribution in [2.24, 2.45) is 0 Å². The van der Waals surface area contributed by atoms with E-state index in [1.165, 1.54) is 6.08 Å². The molecule has 1 fully saturated rings. The number of allylic oxidation sites excluding steroid dienone is 1. The van der Waals surface area contributed by atoms with Gasteiger partial charge in [-0.15, -0.1) is 0 Å². The molecule has 2 amide bonds. The van der Waals surface area contributed by atoms with Crippen LogP contribution in [-0.2, 0) is 9.53 Å². The normalized spacial score (nSPS) is 20.2. The summed E-state index contributed by atoms with van der Waals surface area (Å²) in [7, 11) is 0. The second kappa shape index (κ2) is 3.82. The van der Waals surface area contributed by atoms with E-state index < -0.39 is 11.7 Å². The number of carbonyl (C=O) groups is 2. The largest absolute Gasteiger partial charge is 0.441 e. The van der Waals surface area contributed by atoms with Crippen LogP contribution >= 0.6 is 0 Å². The fourth-order valence-corrected chi connectivity index (χ4v) is 1.25. The van der Waals surface area contributed by atoms with E-state index in [0.717, 1.165) is 11.3 Å². The van der Waals surface area contributed by atoms with Gasteiger partial charge in [0.2, 0.25) is 0 Å². The molecule has 0 spiro atoms. The molecule has 0 aromatic rings. The maximum Gasteiger partial charge on any atom is 0.417 e. The Bertz CT molecular complexity index is 281. The van der Waals surface area contributed by atoms with E-state index in [4.69, 9.17) is 4.74 Å². The van der Waals surface area contributed by atoms with Crippen LogP contribution in [0.1, 0.15) is 27.2 Å². The van der Waals surface area contributed by atoms with Crippen LogP contribution in [0, 0.1) is 0 Å². The van der Waals surface area contributed by atoms with Gasteiger partial charge in [0.15, 0.2) is 0 Å². The van der Waals surface area contributed by atoms with Crippen LogP contribution < -0.4 is 0 Å². The highest BCUT2D eigenvalue weighted by Gasteiger charge is 2.40. The van der Waals surface area contributed by atoms with Crippen LogP contribution in [-0.4, -0.2) is 29.0 Å². The second-order valence-corrected chi connectivity index (χ2v) is 3.86. The highest BCUT2D eigenvalue weighted by atomic mass is 16.6. The Labute approximate surface area is 83.5 Å². The molecule has 0 bridgehead atoms. The first-order valence-electron chi connectivity index (χ1n) is 4.67. The molecule has 4 nitrogen and oxygen atoms in total. The molecular weight excluding hydrogens is 182 g/mol. The van der Waals surface area contributed by atoms with Crippen molar-refractivity contribution in [3.05, 3.63) is 12.2 Å². The summed E-state index contributed by atoms with van der Waals surface area (Å²) in [5.41, 5.74) is -0.563. The Morgan fingerprint density at radius 2 is 2.29 bits per heavy atom. The van der Waals surface area contributed by atoms with Crippen molar-refractivity contribution >= 4 is 12.0 Å². The highest BCUT2D eigenvalue weighted by molar-refractivity contribution is 5.99. The maximum atomic E-state index is 11.4. The first-order valence-corrected chi connectivity index (χ1v) is 4.67. The summed E-state index contributed by atoms with van der Waals surface area (Å²) in [6.07, 6.45) is 3.35. The summed E-state index contributed by atoms with van der Waals surface area (Å²) in [5, 5.41) is 0. The van der Waals surface area contributed by atoms with Crippen LogP contribution in [0.2, 0.25) is 0 Å². The van der Waals surface area contributed by atoms with Gasteiger partial charge in [0.1, 0.15) is 5.60 Å². The van der Waals surface area contributed by atoms with E-state index in [0.29, 0.717) is 6.54 Å². The van der Waals surface area contributed by atoms with Gasteiger partial charge in [0.25, 0.3) is 5.91 Å². The third-order valence-corrected chi connectivity index (χ3v) is 1.89. The van der Waals surface area contributed by atoms with Gasteiger partial charge in [-0.25, -0.2) is 9.69 Å². The number of hydrogen-bond acceptors (Lipinski definition) is 3. The number of amides is 2. The lowest BCUT2D eigenvalue weighted by molar-refractivity contribution is -0.122. The highest BCUT2D eigenvalue weighted by Crippen LogP contribution is 2.21. The van der Waals surface area contributed by atoms with Gasteiger partial charge in [0.05, 0.1) is 6.54 Å². The average Bonchev–Trinajstić information content (AvgIpc) is 2.35. The van der Waals surface area contributed by atoms with Crippen LogP contribution in [0.3, 0.4) is 0 Å². The van der Waals surface area contributed by atoms with Gasteiger partial charge in [-0.05, 0) is 26.3 Å². The van der Waals surface area contributed by atoms with Crippen molar-refractivity contribution in [3.63, 3.8) is 0 Å². The molecule has 78 valence electrons. The van der Waals surface area contributed by atoms with Gasteiger partial charge in [-0.3, -0.25) is 4.79 Å². The maximum absolute atomic E-state index is 11.4. The molecule has 4 heteroatoms. The minimum Gasteiger partial charge on any atom is -0.441 e. The smallest absolute Gasteiger partial charge is 0.417 e. The molecule has 1 aliphatic heterocycles. The number of nitrogens with zero attached hydrogens (tertiary/aromatic N) is 1. The van der Waals surface area contributed by atoms with E-state index in [9.17, 15) is 9.59 Å². The summed E-state index contributed by atoms with van der Waals surface area (Å²) in [5.74, 6) is -0.303. The lowest BCUT2D eigenvalue weighted by Gasteiger charge is -2.13. The van der Waals surface area contributed by atoms with E-state index in [1.54, 1.807) is 19.9 Å². The molecular formula is C10H15NO3. The number of ether oxygens (including phenoxy) is 1. The van der Waals surface area contributed by atoms with Gasteiger partial charge >= 0.3 is 6.09 Å². The van der Waals surface area contributed by atoms with Gasteiger partial charge in [-0.2, -0.15) is 0 Å². The number of hydrogen-bond donors (Lipinski definition) is 0. The zero-order chi connectivity index (χ0) is 10.8. The SMILES string of the molecule is CC/C=C/C(=O)N1CC(C)(C)OC1=O. The number of cyclic esters (lactones) is 1. The standard InChI is InChI=1S/C10H15NO3/c1-4-5-6-8(12)11-7-10(2,3)14-9(11)13/h5-6H,4,7H2,1-3H3/b6-5+. The lowest BCUT2D eigenvalue weighted by atomic mass is 10.1. The monoisotopic (exact) mass is 197 g/mol. The molecule has 0 aromatic heterocycles. The molecule has 1 heterocycles. The number of rotatable bonds is 2. The van der Waals surface area contributed by atoms with E-state index >= 15 is 0 Å². The zero-order valence-corrected chi connectivity index (χ0v) is 8.74. The molecule has 0 radical (unpaired) electrons. The predicted octanol–water partition coefficient (Wildman–Crippen LogP) is 1.71. The molecule has 1 aliphatic rings. The topological polar surface area (TPSA) is 46.6 Å². The minimum absolute atomic E-state index is 0.303. The van der Waals surface area contributed by atoms with Crippen LogP contribution in [0.25, 0.3) is 0 Å². The molecule has 14 heavy (non-hydrogen) atoms. The predicted molar refractivity (Wildman–Crippen MR) is 51.7 cm³/mol. The summed E-state index contributed by atoms with van der Waals surface area (Å²) < 4.78 is 4.99. The summed E-state index contributed by atoms with van der Waals surface area (Å²) in [4.78, 5) is 23.8. The Balaban J connectivity index is 2.67. The zero-order valence-electron chi connectivity index (χ0n) is 8.74. The third kappa shape index (κ3) is 2.34. The molecule has 0 saturated carbocycles. The van der Waals surface area contributed by atoms with Crippen molar-refractivity contribution in [2.45, 2.75) is 32.8 Å². The summed E-state index contributed by atoms with van der Waals surface area (Å²) in [6.45, 7) is 5.80. The molecule has 0 unspecified atom stereocenters. The van der Waals surface area contributed by atoms with Crippen molar-refractivity contribution in [3.8, 4) is 0 Å². The Hall–Kier alpha value is -1.32. The molecule has 0 atom stereocenters. The minimum atomic E-state index is -0.563. The van der Waals surface area contributed by atoms with E-state index in [1.807, 2.05) is 6.92 Å². The summed E-state index contributed by atoms with van der Waals surface area (Å²) in [6, 6.07) is 0. The average molecular weight is 197 g/mol. The first kappa shape index (κ1) is 10.8. The fourth-order valence-electron chi connectivity index (χ4n) is 1.25. The van der Waals surface area contributed by atoms with Crippen molar-refractivity contribution in [2.75, 3.05) is 6.54 Å². The quantitative estimate of drug-likeness (QED) is 0.633. The molecule has 1 rings (SSSR count). The third-order valence-electron chi connectivity index (χ3n) is 1.89. The summed E-state index contributed by atoms with van der Waals surface area (Å²) >= 11 is 0. The molecule has 1 saturated heterocycles. The Kier molecular flexibility index (Phi) is 2.93. The van der Waals surface area contributed by atoms with Crippen molar-refractivity contribution < 1.29 is 14.3 Å².